The Kier molecular flexibility index (Phi) is 6.65. The van der Waals surface area contributed by atoms with Crippen LogP contribution in [0.2, 0.25) is 0 Å². The van der Waals surface area contributed by atoms with Gasteiger partial charge in [0, 0.05) is 11.6 Å². The molecule has 0 aliphatic heterocycles. The minimum absolute atomic E-state index is 0.249. The molecule has 1 aliphatic carbocycles. The van der Waals surface area contributed by atoms with Crippen molar-refractivity contribution in [1.82, 2.24) is 5.32 Å². The Morgan fingerprint density at radius 1 is 1.03 bits per heavy atom. The van der Waals surface area contributed by atoms with Crippen molar-refractivity contribution in [2.75, 3.05) is 14.2 Å². The van der Waals surface area contributed by atoms with Crippen LogP contribution in [0.5, 0.6) is 11.5 Å². The smallest absolute Gasteiger partial charge is 0.242 e. The third-order valence-corrected chi connectivity index (χ3v) is 8.87. The van der Waals surface area contributed by atoms with Crippen LogP contribution in [-0.4, -0.2) is 33.3 Å². The number of carbonyl (C=O) groups excluding carboxylic acids is 1. The van der Waals surface area contributed by atoms with Gasteiger partial charge in [-0.2, -0.15) is 0 Å². The van der Waals surface area contributed by atoms with Crippen LogP contribution in [-0.2, 0) is 14.6 Å². The quantitative estimate of drug-likeness (QED) is 0.688. The fourth-order valence-electron chi connectivity index (χ4n) is 4.35. The van der Waals surface area contributed by atoms with Crippen molar-refractivity contribution < 1.29 is 22.7 Å². The van der Waals surface area contributed by atoms with Crippen LogP contribution >= 0.6 is 0 Å². The van der Waals surface area contributed by atoms with E-state index in [9.17, 15) is 13.2 Å². The van der Waals surface area contributed by atoms with Gasteiger partial charge in [-0.15, -0.1) is 0 Å². The van der Waals surface area contributed by atoms with E-state index in [0.717, 1.165) is 11.1 Å². The van der Waals surface area contributed by atoms with E-state index in [-0.39, 0.29) is 4.90 Å². The summed E-state index contributed by atoms with van der Waals surface area (Å²) in [5, 5.41) is 2.96. The monoisotopic (exact) mass is 445 g/mol. The summed E-state index contributed by atoms with van der Waals surface area (Å²) >= 11 is 0. The first-order valence-electron chi connectivity index (χ1n) is 10.5. The van der Waals surface area contributed by atoms with Crippen molar-refractivity contribution in [2.45, 2.75) is 62.1 Å². The van der Waals surface area contributed by atoms with Crippen LogP contribution in [0.3, 0.4) is 0 Å². The number of nitrogens with one attached hydrogen (secondary N) is 1. The Labute approximate surface area is 184 Å². The van der Waals surface area contributed by atoms with Crippen molar-refractivity contribution in [3.05, 3.63) is 53.1 Å². The third-order valence-electron chi connectivity index (χ3n) is 6.23. The second-order valence-electron chi connectivity index (χ2n) is 8.28. The lowest BCUT2D eigenvalue weighted by Gasteiger charge is -2.30. The van der Waals surface area contributed by atoms with Gasteiger partial charge >= 0.3 is 0 Å². The average molecular weight is 446 g/mol. The summed E-state index contributed by atoms with van der Waals surface area (Å²) in [5.41, 5.74) is 2.28. The lowest BCUT2D eigenvalue weighted by atomic mass is 10.0. The summed E-state index contributed by atoms with van der Waals surface area (Å²) in [7, 11) is -0.747. The van der Waals surface area contributed by atoms with Gasteiger partial charge < -0.3 is 14.8 Å². The van der Waals surface area contributed by atoms with E-state index in [4.69, 9.17) is 9.47 Å². The second kappa shape index (κ2) is 8.91. The molecule has 0 bridgehead atoms. The molecule has 1 aliphatic rings. The highest BCUT2D eigenvalue weighted by Gasteiger charge is 2.53. The van der Waals surface area contributed by atoms with E-state index in [0.29, 0.717) is 42.7 Å². The molecule has 1 amide bonds. The van der Waals surface area contributed by atoms with E-state index < -0.39 is 26.5 Å². The molecule has 2 aromatic rings. The van der Waals surface area contributed by atoms with E-state index >= 15 is 0 Å². The first kappa shape index (κ1) is 23.1. The molecule has 1 saturated carbocycles. The molecule has 7 heteroatoms. The Morgan fingerprint density at radius 3 is 2.32 bits per heavy atom. The van der Waals surface area contributed by atoms with Gasteiger partial charge in [-0.1, -0.05) is 25.0 Å². The summed E-state index contributed by atoms with van der Waals surface area (Å²) < 4.78 is 36.8. The second-order valence-corrected chi connectivity index (χ2v) is 10.5. The van der Waals surface area contributed by atoms with Gasteiger partial charge in [0.05, 0.1) is 25.2 Å². The molecule has 0 heterocycles. The summed E-state index contributed by atoms with van der Waals surface area (Å²) in [4.78, 5) is 13.8. The van der Waals surface area contributed by atoms with Gasteiger partial charge in [-0.3, -0.25) is 4.79 Å². The molecule has 0 saturated heterocycles. The van der Waals surface area contributed by atoms with Crippen LogP contribution in [0.25, 0.3) is 0 Å². The van der Waals surface area contributed by atoms with Gasteiger partial charge in [0.2, 0.25) is 5.91 Å². The zero-order valence-corrected chi connectivity index (χ0v) is 19.6. The number of methoxy groups -OCH3 is 2. The van der Waals surface area contributed by atoms with Crippen LogP contribution in [0.15, 0.2) is 41.3 Å². The summed E-state index contributed by atoms with van der Waals surface area (Å²) in [6.07, 6.45) is 2.05. The highest BCUT2D eigenvalue weighted by molar-refractivity contribution is 7.93. The number of hydrogen-bond donors (Lipinski definition) is 1. The van der Waals surface area contributed by atoms with E-state index in [1.807, 2.05) is 26.0 Å². The molecule has 1 N–H and O–H groups in total. The average Bonchev–Trinajstić information content (AvgIpc) is 3.26. The highest BCUT2D eigenvalue weighted by atomic mass is 32.2. The van der Waals surface area contributed by atoms with Gasteiger partial charge in [-0.05, 0) is 62.9 Å². The molecular formula is C24H31NO5S. The molecule has 3 rings (SSSR count). The maximum atomic E-state index is 13.8. The van der Waals surface area contributed by atoms with E-state index in [1.165, 1.54) is 0 Å². The zero-order chi connectivity index (χ0) is 22.8. The number of rotatable bonds is 7. The molecule has 1 atom stereocenters. The minimum atomic E-state index is -3.87. The maximum absolute atomic E-state index is 13.8. The van der Waals surface area contributed by atoms with Gasteiger partial charge in [-0.25, -0.2) is 8.42 Å². The Hall–Kier alpha value is -2.54. The van der Waals surface area contributed by atoms with Crippen LogP contribution in [0, 0.1) is 13.8 Å². The molecule has 2 aromatic carbocycles. The van der Waals surface area contributed by atoms with Gasteiger partial charge in [0.25, 0.3) is 0 Å². The zero-order valence-electron chi connectivity index (χ0n) is 18.8. The number of carbonyl (C=O) groups is 1. The number of benzene rings is 2. The summed E-state index contributed by atoms with van der Waals surface area (Å²) in [5.74, 6) is 0.769. The lowest BCUT2D eigenvalue weighted by Crippen LogP contribution is -2.51. The van der Waals surface area contributed by atoms with E-state index in [2.05, 4.69) is 5.32 Å². The summed E-state index contributed by atoms with van der Waals surface area (Å²) in [6, 6.07) is 10.3. The first-order chi connectivity index (χ1) is 14.7. The normalized spacial score (nSPS) is 16.5. The van der Waals surface area contributed by atoms with E-state index in [1.54, 1.807) is 45.4 Å². The fourth-order valence-corrected chi connectivity index (χ4v) is 6.74. The van der Waals surface area contributed by atoms with Crippen molar-refractivity contribution in [3.63, 3.8) is 0 Å². The Balaban J connectivity index is 1.97. The first-order valence-corrected chi connectivity index (χ1v) is 12.0. The van der Waals surface area contributed by atoms with Crippen molar-refractivity contribution >= 4 is 15.7 Å². The predicted molar refractivity (Wildman–Crippen MR) is 120 cm³/mol. The van der Waals surface area contributed by atoms with Gasteiger partial charge in [0.1, 0.15) is 11.5 Å². The molecule has 0 spiro atoms. The Morgan fingerprint density at radius 2 is 1.71 bits per heavy atom. The molecular weight excluding hydrogens is 414 g/mol. The van der Waals surface area contributed by atoms with Crippen LogP contribution in [0.4, 0.5) is 0 Å². The number of sulfone groups is 1. The number of aryl methyl sites for hydroxylation is 2. The topological polar surface area (TPSA) is 81.7 Å². The number of hydrogen-bond acceptors (Lipinski definition) is 5. The molecule has 0 radical (unpaired) electrons. The van der Waals surface area contributed by atoms with Gasteiger partial charge in [0.15, 0.2) is 14.6 Å². The third kappa shape index (κ3) is 4.15. The standard InChI is InChI=1S/C24H31NO5S/c1-16-8-9-17(2)22(14-16)31(27,28)24(12-6-7-13-24)23(26)25-18(3)20-11-10-19(29-4)15-21(20)30-5/h8-11,14-15,18H,6-7,12-13H2,1-5H3,(H,25,26). The fraction of sp³-hybridized carbons (Fsp3) is 0.458. The number of ether oxygens (including phenoxy) is 2. The molecule has 6 nitrogen and oxygen atoms in total. The molecule has 168 valence electrons. The maximum Gasteiger partial charge on any atom is 0.242 e. The lowest BCUT2D eigenvalue weighted by molar-refractivity contribution is -0.124. The SMILES string of the molecule is COc1ccc(C(C)NC(=O)C2(S(=O)(=O)c3cc(C)ccc3C)CCCC2)c(OC)c1. The van der Waals surface area contributed by atoms with Crippen LogP contribution < -0.4 is 14.8 Å². The molecule has 0 aromatic heterocycles. The number of amides is 1. The van der Waals surface area contributed by atoms with Crippen LogP contribution in [0.1, 0.15) is 55.3 Å². The molecule has 1 fully saturated rings. The summed E-state index contributed by atoms with van der Waals surface area (Å²) in [6.45, 7) is 5.46. The molecule has 31 heavy (non-hydrogen) atoms. The van der Waals surface area contributed by atoms with Crippen molar-refractivity contribution in [3.8, 4) is 11.5 Å². The largest absolute Gasteiger partial charge is 0.497 e. The minimum Gasteiger partial charge on any atom is -0.497 e. The Bertz CT molecular complexity index is 1070. The van der Waals surface area contributed by atoms with Crippen molar-refractivity contribution in [1.29, 1.82) is 0 Å². The van der Waals surface area contributed by atoms with Crippen molar-refractivity contribution in [2.24, 2.45) is 0 Å². The molecule has 1 unspecified atom stereocenters. The predicted octanol–water partition coefficient (Wildman–Crippen LogP) is 4.28. The highest BCUT2D eigenvalue weighted by Crippen LogP contribution is 2.42.